The standard InChI is InChI=1S/C21H26ClN3O3/c1-14-4-9-19(28-14)16-5-7-17(8-6-16)25-21(26)20(22)18(12-24-25)23-11-15-3-2-10-27-13-15/h5-8,12,14-15,19,23H,2-4,9-11,13H2,1H3/t14-,15?,19-/m1/s1. The molecule has 0 saturated carbocycles. The molecule has 1 aromatic heterocycles. The molecule has 4 rings (SSSR count). The lowest BCUT2D eigenvalue weighted by Crippen LogP contribution is -2.26. The van der Waals surface area contributed by atoms with Gasteiger partial charge in [0.2, 0.25) is 0 Å². The van der Waals surface area contributed by atoms with Crippen LogP contribution in [0.1, 0.15) is 44.3 Å². The molecule has 2 fully saturated rings. The van der Waals surface area contributed by atoms with E-state index in [1.165, 1.54) is 4.68 Å². The summed E-state index contributed by atoms with van der Waals surface area (Å²) in [6, 6.07) is 7.77. The van der Waals surface area contributed by atoms with Crippen LogP contribution in [0.25, 0.3) is 5.69 Å². The van der Waals surface area contributed by atoms with Gasteiger partial charge in [-0.05, 0) is 56.2 Å². The van der Waals surface area contributed by atoms with Crippen LogP contribution in [0.3, 0.4) is 0 Å². The molecule has 2 aliphatic heterocycles. The van der Waals surface area contributed by atoms with Gasteiger partial charge in [-0.2, -0.15) is 9.78 Å². The van der Waals surface area contributed by atoms with Gasteiger partial charge in [-0.25, -0.2) is 0 Å². The lowest BCUT2D eigenvalue weighted by Gasteiger charge is -2.22. The van der Waals surface area contributed by atoms with Crippen LogP contribution >= 0.6 is 11.6 Å². The van der Waals surface area contributed by atoms with E-state index in [0.717, 1.165) is 51.0 Å². The van der Waals surface area contributed by atoms with Crippen LogP contribution in [0.4, 0.5) is 5.69 Å². The van der Waals surface area contributed by atoms with Crippen LogP contribution in [0, 0.1) is 5.92 Å². The molecule has 1 aromatic carbocycles. The molecule has 6 nitrogen and oxygen atoms in total. The molecule has 28 heavy (non-hydrogen) atoms. The molecule has 2 saturated heterocycles. The van der Waals surface area contributed by atoms with Gasteiger partial charge in [-0.3, -0.25) is 4.79 Å². The van der Waals surface area contributed by atoms with Gasteiger partial charge in [0.25, 0.3) is 5.56 Å². The Hall–Kier alpha value is -1.89. The maximum atomic E-state index is 12.7. The number of aromatic nitrogens is 2. The summed E-state index contributed by atoms with van der Waals surface area (Å²) in [5.74, 6) is 0.431. The first-order chi connectivity index (χ1) is 13.6. The average Bonchev–Trinajstić information content (AvgIpc) is 3.16. The van der Waals surface area contributed by atoms with Crippen molar-refractivity contribution in [3.63, 3.8) is 0 Å². The van der Waals surface area contributed by atoms with Crippen molar-refractivity contribution in [3.8, 4) is 5.69 Å². The van der Waals surface area contributed by atoms with Gasteiger partial charge in [0.15, 0.2) is 0 Å². The fraction of sp³-hybridized carbons (Fsp3) is 0.524. The van der Waals surface area contributed by atoms with E-state index in [1.807, 2.05) is 24.3 Å². The summed E-state index contributed by atoms with van der Waals surface area (Å²) in [6.45, 7) is 4.39. The molecule has 0 amide bonds. The Morgan fingerprint density at radius 2 is 2.07 bits per heavy atom. The van der Waals surface area contributed by atoms with E-state index in [4.69, 9.17) is 21.1 Å². The number of rotatable bonds is 5. The first-order valence-electron chi connectivity index (χ1n) is 9.97. The summed E-state index contributed by atoms with van der Waals surface area (Å²) >= 11 is 6.33. The zero-order chi connectivity index (χ0) is 19.5. The lowest BCUT2D eigenvalue weighted by atomic mass is 10.0. The van der Waals surface area contributed by atoms with Crippen molar-refractivity contribution in [1.29, 1.82) is 0 Å². The van der Waals surface area contributed by atoms with Crippen molar-refractivity contribution < 1.29 is 9.47 Å². The van der Waals surface area contributed by atoms with Gasteiger partial charge >= 0.3 is 0 Å². The Morgan fingerprint density at radius 3 is 2.75 bits per heavy atom. The molecule has 7 heteroatoms. The first kappa shape index (κ1) is 19.4. The second kappa shape index (κ2) is 8.64. The minimum Gasteiger partial charge on any atom is -0.382 e. The summed E-state index contributed by atoms with van der Waals surface area (Å²) in [5.41, 5.74) is 2.05. The molecule has 150 valence electrons. The highest BCUT2D eigenvalue weighted by Gasteiger charge is 2.23. The highest BCUT2D eigenvalue weighted by Crippen LogP contribution is 2.32. The number of halogens is 1. The second-order valence-corrected chi connectivity index (χ2v) is 8.04. The molecule has 1 N–H and O–H groups in total. The molecule has 1 unspecified atom stereocenters. The Morgan fingerprint density at radius 1 is 1.25 bits per heavy atom. The Labute approximate surface area is 169 Å². The zero-order valence-corrected chi connectivity index (χ0v) is 16.8. The monoisotopic (exact) mass is 403 g/mol. The number of nitrogens with one attached hydrogen (secondary N) is 1. The fourth-order valence-electron chi connectivity index (χ4n) is 3.84. The summed E-state index contributed by atoms with van der Waals surface area (Å²) in [4.78, 5) is 12.7. The van der Waals surface area contributed by atoms with E-state index in [0.29, 0.717) is 23.4 Å². The molecule has 0 spiro atoms. The highest BCUT2D eigenvalue weighted by atomic mass is 35.5. The number of anilines is 1. The van der Waals surface area contributed by atoms with E-state index in [-0.39, 0.29) is 16.7 Å². The normalized spacial score (nSPS) is 25.0. The molecular formula is C21H26ClN3O3. The molecule has 2 aromatic rings. The van der Waals surface area contributed by atoms with Crippen LogP contribution in [-0.4, -0.2) is 35.6 Å². The van der Waals surface area contributed by atoms with Gasteiger partial charge in [-0.15, -0.1) is 0 Å². The molecule has 0 bridgehead atoms. The fourth-order valence-corrected chi connectivity index (χ4v) is 4.04. The van der Waals surface area contributed by atoms with Gasteiger partial charge in [0, 0.05) is 13.2 Å². The highest BCUT2D eigenvalue weighted by molar-refractivity contribution is 6.32. The Kier molecular flexibility index (Phi) is 5.99. The lowest BCUT2D eigenvalue weighted by molar-refractivity contribution is 0.0555. The summed E-state index contributed by atoms with van der Waals surface area (Å²) < 4.78 is 12.7. The maximum Gasteiger partial charge on any atom is 0.292 e. The van der Waals surface area contributed by atoms with E-state index >= 15 is 0 Å². The second-order valence-electron chi connectivity index (χ2n) is 7.66. The van der Waals surface area contributed by atoms with Crippen molar-refractivity contribution in [2.45, 2.75) is 44.8 Å². The number of ether oxygens (including phenoxy) is 2. The van der Waals surface area contributed by atoms with E-state index in [9.17, 15) is 4.79 Å². The Bertz CT molecular complexity index is 862. The number of nitrogens with zero attached hydrogens (tertiary/aromatic N) is 2. The molecule has 0 aliphatic carbocycles. The number of benzene rings is 1. The summed E-state index contributed by atoms with van der Waals surface area (Å²) in [5, 5.41) is 7.71. The van der Waals surface area contributed by atoms with Crippen LogP contribution in [0.2, 0.25) is 5.02 Å². The topological polar surface area (TPSA) is 65.4 Å². The van der Waals surface area contributed by atoms with Crippen LogP contribution in [-0.2, 0) is 9.47 Å². The van der Waals surface area contributed by atoms with E-state index in [1.54, 1.807) is 6.20 Å². The molecule has 2 aliphatic rings. The van der Waals surface area contributed by atoms with Gasteiger partial charge in [0.05, 0.1) is 36.4 Å². The van der Waals surface area contributed by atoms with Crippen molar-refractivity contribution in [2.75, 3.05) is 25.1 Å². The van der Waals surface area contributed by atoms with Crippen molar-refractivity contribution in [1.82, 2.24) is 9.78 Å². The third-order valence-corrected chi connectivity index (χ3v) is 5.86. The summed E-state index contributed by atoms with van der Waals surface area (Å²) in [6.07, 6.45) is 6.33. The number of hydrogen-bond acceptors (Lipinski definition) is 5. The predicted octanol–water partition coefficient (Wildman–Crippen LogP) is 3.96. The molecule has 3 heterocycles. The van der Waals surface area contributed by atoms with Crippen LogP contribution < -0.4 is 10.9 Å². The third-order valence-electron chi connectivity index (χ3n) is 5.50. The molecule has 0 radical (unpaired) electrons. The van der Waals surface area contributed by atoms with E-state index < -0.39 is 0 Å². The predicted molar refractivity (Wildman–Crippen MR) is 109 cm³/mol. The van der Waals surface area contributed by atoms with Crippen LogP contribution in [0.15, 0.2) is 35.3 Å². The van der Waals surface area contributed by atoms with Crippen molar-refractivity contribution >= 4 is 17.3 Å². The average molecular weight is 404 g/mol. The Balaban J connectivity index is 1.47. The molecule has 3 atom stereocenters. The van der Waals surface area contributed by atoms with Gasteiger partial charge < -0.3 is 14.8 Å². The third kappa shape index (κ3) is 4.24. The van der Waals surface area contributed by atoms with Crippen molar-refractivity contribution in [3.05, 3.63) is 51.4 Å². The maximum absolute atomic E-state index is 12.7. The van der Waals surface area contributed by atoms with Crippen LogP contribution in [0.5, 0.6) is 0 Å². The minimum atomic E-state index is -0.329. The first-order valence-corrected chi connectivity index (χ1v) is 10.3. The largest absolute Gasteiger partial charge is 0.382 e. The smallest absolute Gasteiger partial charge is 0.292 e. The summed E-state index contributed by atoms with van der Waals surface area (Å²) in [7, 11) is 0. The SMILES string of the molecule is C[C@@H]1CC[C@H](c2ccc(-n3ncc(NCC4CCCOC4)c(Cl)c3=O)cc2)O1. The van der Waals surface area contributed by atoms with Gasteiger partial charge in [-0.1, -0.05) is 23.7 Å². The quantitative estimate of drug-likeness (QED) is 0.818. The number of hydrogen-bond donors (Lipinski definition) is 1. The molecular weight excluding hydrogens is 378 g/mol. The van der Waals surface area contributed by atoms with Crippen molar-refractivity contribution in [2.24, 2.45) is 5.92 Å². The zero-order valence-electron chi connectivity index (χ0n) is 16.1. The minimum absolute atomic E-state index is 0.132. The van der Waals surface area contributed by atoms with E-state index in [2.05, 4.69) is 17.3 Å². The van der Waals surface area contributed by atoms with Gasteiger partial charge in [0.1, 0.15) is 5.02 Å².